The summed E-state index contributed by atoms with van der Waals surface area (Å²) in [4.78, 5) is 10.7. The van der Waals surface area contributed by atoms with E-state index in [1.807, 2.05) is 24.3 Å². The molecule has 6 heteroatoms. The van der Waals surface area contributed by atoms with Crippen molar-refractivity contribution in [1.82, 2.24) is 9.78 Å². The molecule has 0 aliphatic rings. The summed E-state index contributed by atoms with van der Waals surface area (Å²) < 4.78 is 13.0. The number of aldehydes is 1. The lowest BCUT2D eigenvalue weighted by atomic mass is 10.1. The molecule has 5 nitrogen and oxygen atoms in total. The lowest BCUT2D eigenvalue weighted by Gasteiger charge is -2.10. The molecule has 22 heavy (non-hydrogen) atoms. The van der Waals surface area contributed by atoms with Gasteiger partial charge in [0.15, 0.2) is 12.0 Å². The molecule has 3 aromatic rings. The number of furan rings is 1. The van der Waals surface area contributed by atoms with E-state index in [1.54, 1.807) is 29.2 Å². The number of halogens is 1. The third-order valence-corrected chi connectivity index (χ3v) is 3.27. The predicted octanol–water partition coefficient (Wildman–Crippen LogP) is 3.69. The Morgan fingerprint density at radius 1 is 1.27 bits per heavy atom. The number of ether oxygens (including phenoxy) is 1. The summed E-state index contributed by atoms with van der Waals surface area (Å²) >= 11 is 5.81. The molecule has 2 heterocycles. The van der Waals surface area contributed by atoms with Gasteiger partial charge in [-0.15, -0.1) is 0 Å². The number of aromatic nitrogens is 2. The Hall–Kier alpha value is -2.53. The highest BCUT2D eigenvalue weighted by Crippen LogP contribution is 2.30. The van der Waals surface area contributed by atoms with Crippen molar-refractivity contribution in [1.29, 1.82) is 0 Å². The quantitative estimate of drug-likeness (QED) is 0.651. The molecule has 0 atom stereocenters. The van der Waals surface area contributed by atoms with Crippen LogP contribution in [0.2, 0.25) is 5.02 Å². The van der Waals surface area contributed by atoms with Crippen LogP contribution in [0.4, 0.5) is 0 Å². The highest BCUT2D eigenvalue weighted by Gasteiger charge is 2.10. The molecule has 0 aliphatic carbocycles. The Labute approximate surface area is 132 Å². The van der Waals surface area contributed by atoms with Crippen LogP contribution in [0.5, 0.6) is 5.75 Å². The average molecular weight is 317 g/mol. The number of carbonyl (C=O) groups excluding carboxylic acids is 1. The fourth-order valence-corrected chi connectivity index (χ4v) is 2.22. The SMILES string of the molecule is O=Cc1ccc(-c2ccccc2OCCn2cc(Cl)cn2)o1. The van der Waals surface area contributed by atoms with Gasteiger partial charge in [-0.25, -0.2) is 0 Å². The van der Waals surface area contributed by atoms with Crippen molar-refractivity contribution < 1.29 is 13.9 Å². The highest BCUT2D eigenvalue weighted by molar-refractivity contribution is 6.30. The summed E-state index contributed by atoms with van der Waals surface area (Å²) in [7, 11) is 0. The van der Waals surface area contributed by atoms with Crippen molar-refractivity contribution in [3.05, 3.63) is 59.6 Å². The Bertz CT molecular complexity index is 779. The van der Waals surface area contributed by atoms with Crippen molar-refractivity contribution in [2.24, 2.45) is 0 Å². The molecule has 112 valence electrons. The largest absolute Gasteiger partial charge is 0.491 e. The number of carbonyl (C=O) groups is 1. The van der Waals surface area contributed by atoms with Gasteiger partial charge in [0, 0.05) is 6.20 Å². The van der Waals surface area contributed by atoms with Crippen LogP contribution in [0.15, 0.2) is 53.2 Å². The van der Waals surface area contributed by atoms with Gasteiger partial charge in [-0.05, 0) is 24.3 Å². The third kappa shape index (κ3) is 3.20. The first kappa shape index (κ1) is 14.4. The molecule has 0 saturated heterocycles. The van der Waals surface area contributed by atoms with Gasteiger partial charge in [0.2, 0.25) is 0 Å². The van der Waals surface area contributed by atoms with Gasteiger partial charge in [0.1, 0.15) is 18.1 Å². The van der Waals surface area contributed by atoms with Crippen molar-refractivity contribution in [2.75, 3.05) is 6.61 Å². The Kier molecular flexibility index (Phi) is 4.25. The van der Waals surface area contributed by atoms with Crippen molar-refractivity contribution in [3.63, 3.8) is 0 Å². The van der Waals surface area contributed by atoms with Gasteiger partial charge in [0.25, 0.3) is 0 Å². The van der Waals surface area contributed by atoms with Gasteiger partial charge in [-0.1, -0.05) is 23.7 Å². The molecule has 0 unspecified atom stereocenters. The number of para-hydroxylation sites is 1. The lowest BCUT2D eigenvalue weighted by Crippen LogP contribution is -2.08. The molecule has 1 aromatic carbocycles. The summed E-state index contributed by atoms with van der Waals surface area (Å²) in [6.07, 6.45) is 3.99. The Morgan fingerprint density at radius 3 is 2.86 bits per heavy atom. The van der Waals surface area contributed by atoms with E-state index in [1.165, 1.54) is 0 Å². The first-order chi connectivity index (χ1) is 10.8. The van der Waals surface area contributed by atoms with E-state index in [2.05, 4.69) is 5.10 Å². The molecule has 0 amide bonds. The zero-order valence-corrected chi connectivity index (χ0v) is 12.4. The van der Waals surface area contributed by atoms with Crippen molar-refractivity contribution in [3.8, 4) is 17.1 Å². The molecule has 0 bridgehead atoms. The first-order valence-electron chi connectivity index (χ1n) is 6.71. The molecule has 2 aromatic heterocycles. The van der Waals surface area contributed by atoms with Crippen LogP contribution >= 0.6 is 11.6 Å². The summed E-state index contributed by atoms with van der Waals surface area (Å²) in [6.45, 7) is 1.02. The van der Waals surface area contributed by atoms with E-state index in [4.69, 9.17) is 20.8 Å². The topological polar surface area (TPSA) is 57.3 Å². The standard InChI is InChI=1S/C16H13ClN2O3/c17-12-9-18-19(10-12)7-8-21-15-4-2-1-3-14(15)16-6-5-13(11-20)22-16/h1-6,9-11H,7-8H2. The second kappa shape index (κ2) is 6.49. The van der Waals surface area contributed by atoms with E-state index in [0.29, 0.717) is 36.0 Å². The van der Waals surface area contributed by atoms with Crippen LogP contribution in [0.1, 0.15) is 10.6 Å². The van der Waals surface area contributed by atoms with E-state index < -0.39 is 0 Å². The minimum Gasteiger partial charge on any atom is -0.491 e. The monoisotopic (exact) mass is 316 g/mol. The average Bonchev–Trinajstić information content (AvgIpc) is 3.17. The minimum absolute atomic E-state index is 0.288. The molecule has 0 fully saturated rings. The molecule has 0 aliphatic heterocycles. The molecule has 0 spiro atoms. The zero-order valence-electron chi connectivity index (χ0n) is 11.6. The maximum absolute atomic E-state index is 10.7. The summed E-state index contributed by atoms with van der Waals surface area (Å²) in [6, 6.07) is 10.9. The predicted molar refractivity (Wildman–Crippen MR) is 82.3 cm³/mol. The summed E-state index contributed by atoms with van der Waals surface area (Å²) in [5.41, 5.74) is 0.800. The fourth-order valence-electron chi connectivity index (χ4n) is 2.07. The van der Waals surface area contributed by atoms with Crippen LogP contribution in [-0.2, 0) is 6.54 Å². The van der Waals surface area contributed by atoms with Crippen LogP contribution < -0.4 is 4.74 Å². The second-order valence-electron chi connectivity index (χ2n) is 4.59. The van der Waals surface area contributed by atoms with Gasteiger partial charge in [-0.2, -0.15) is 5.10 Å². The molecular formula is C16H13ClN2O3. The van der Waals surface area contributed by atoms with Gasteiger partial charge >= 0.3 is 0 Å². The highest BCUT2D eigenvalue weighted by atomic mass is 35.5. The van der Waals surface area contributed by atoms with Crippen LogP contribution in [0.3, 0.4) is 0 Å². The molecule has 3 rings (SSSR count). The van der Waals surface area contributed by atoms with Gasteiger partial charge in [-0.3, -0.25) is 9.48 Å². The third-order valence-electron chi connectivity index (χ3n) is 3.08. The zero-order chi connectivity index (χ0) is 15.4. The van der Waals surface area contributed by atoms with Gasteiger partial charge < -0.3 is 9.15 Å². The van der Waals surface area contributed by atoms with Crippen LogP contribution in [-0.4, -0.2) is 22.7 Å². The fraction of sp³-hybridized carbons (Fsp3) is 0.125. The molecule has 0 radical (unpaired) electrons. The first-order valence-corrected chi connectivity index (χ1v) is 7.09. The van der Waals surface area contributed by atoms with E-state index >= 15 is 0 Å². The Balaban J connectivity index is 1.72. The van der Waals surface area contributed by atoms with E-state index in [9.17, 15) is 4.79 Å². The van der Waals surface area contributed by atoms with Crippen molar-refractivity contribution in [2.45, 2.75) is 6.54 Å². The van der Waals surface area contributed by atoms with E-state index in [-0.39, 0.29) is 5.76 Å². The van der Waals surface area contributed by atoms with E-state index in [0.717, 1.165) is 5.56 Å². The van der Waals surface area contributed by atoms with Gasteiger partial charge in [0.05, 0.1) is 23.3 Å². The Morgan fingerprint density at radius 2 is 2.14 bits per heavy atom. The summed E-state index contributed by atoms with van der Waals surface area (Å²) in [5.74, 6) is 1.57. The van der Waals surface area contributed by atoms with Crippen LogP contribution in [0, 0.1) is 0 Å². The lowest BCUT2D eigenvalue weighted by molar-refractivity contribution is 0.110. The molecule has 0 N–H and O–H groups in total. The number of nitrogens with zero attached hydrogens (tertiary/aromatic N) is 2. The summed E-state index contributed by atoms with van der Waals surface area (Å²) in [5, 5.41) is 4.68. The second-order valence-corrected chi connectivity index (χ2v) is 5.02. The smallest absolute Gasteiger partial charge is 0.185 e. The number of benzene rings is 1. The molecule has 0 saturated carbocycles. The number of rotatable bonds is 6. The van der Waals surface area contributed by atoms with Crippen molar-refractivity contribution >= 4 is 17.9 Å². The number of hydrogen-bond donors (Lipinski definition) is 0. The molecular weight excluding hydrogens is 304 g/mol. The maximum Gasteiger partial charge on any atom is 0.185 e. The van der Waals surface area contributed by atoms with Crippen LogP contribution in [0.25, 0.3) is 11.3 Å². The number of hydrogen-bond acceptors (Lipinski definition) is 4. The minimum atomic E-state index is 0.288. The normalized spacial score (nSPS) is 10.6. The maximum atomic E-state index is 10.7.